The monoisotopic (exact) mass is 428 g/mol. The van der Waals surface area contributed by atoms with Crippen molar-refractivity contribution in [1.82, 2.24) is 4.57 Å². The zero-order chi connectivity index (χ0) is 23.3. The normalized spacial score (nSPS) is 12.4. The first-order chi connectivity index (χ1) is 14.4. The first kappa shape index (κ1) is 24.2. The first-order valence-electron chi connectivity index (χ1n) is 10.5. The molecule has 0 aliphatic heterocycles. The summed E-state index contributed by atoms with van der Waals surface area (Å²) < 4.78 is 12.5. The van der Waals surface area contributed by atoms with Gasteiger partial charge in [0.05, 0.1) is 17.9 Å². The second-order valence-corrected chi connectivity index (χ2v) is 8.67. The minimum atomic E-state index is -0.751. The summed E-state index contributed by atoms with van der Waals surface area (Å²) in [4.78, 5) is 37.4. The van der Waals surface area contributed by atoms with Crippen LogP contribution in [0.4, 0.5) is 5.69 Å². The molecule has 1 heterocycles. The fourth-order valence-corrected chi connectivity index (χ4v) is 2.91. The van der Waals surface area contributed by atoms with Gasteiger partial charge < -0.3 is 14.8 Å². The number of carbonyl (C=O) groups excluding carboxylic acids is 2. The van der Waals surface area contributed by atoms with Crippen molar-refractivity contribution in [2.24, 2.45) is 0 Å². The highest BCUT2D eigenvalue weighted by Gasteiger charge is 2.20. The van der Waals surface area contributed by atoms with Gasteiger partial charge in [-0.15, -0.1) is 0 Å². The lowest BCUT2D eigenvalue weighted by Gasteiger charge is -2.20. The molecular weight excluding hydrogens is 396 g/mol. The van der Waals surface area contributed by atoms with Crippen molar-refractivity contribution >= 4 is 17.6 Å². The van der Waals surface area contributed by atoms with Crippen LogP contribution >= 0.6 is 0 Å². The molecule has 1 aromatic carbocycles. The van der Waals surface area contributed by atoms with Crippen LogP contribution in [0.25, 0.3) is 0 Å². The Bertz CT molecular complexity index is 985. The lowest BCUT2D eigenvalue weighted by atomic mass is 10.1. The molecule has 7 nitrogen and oxygen atoms in total. The molecule has 1 atom stereocenters. The number of esters is 1. The average Bonchev–Trinajstić information content (AvgIpc) is 2.67. The Morgan fingerprint density at radius 1 is 1.10 bits per heavy atom. The Morgan fingerprint density at radius 2 is 1.71 bits per heavy atom. The van der Waals surface area contributed by atoms with E-state index >= 15 is 0 Å². The highest BCUT2D eigenvalue weighted by Crippen LogP contribution is 2.21. The molecule has 2 rings (SSSR count). The van der Waals surface area contributed by atoms with Crippen molar-refractivity contribution in [2.45, 2.75) is 72.6 Å². The van der Waals surface area contributed by atoms with Gasteiger partial charge in [-0.05, 0) is 72.2 Å². The number of ether oxygens (including phenoxy) is 2. The Balaban J connectivity index is 2.17. The van der Waals surface area contributed by atoms with Crippen LogP contribution in [0.3, 0.4) is 0 Å². The van der Waals surface area contributed by atoms with Gasteiger partial charge in [-0.1, -0.05) is 6.92 Å². The Hall–Kier alpha value is -3.09. The van der Waals surface area contributed by atoms with Gasteiger partial charge in [0.15, 0.2) is 0 Å². The highest BCUT2D eigenvalue weighted by molar-refractivity contribution is 5.95. The molecule has 1 amide bonds. The van der Waals surface area contributed by atoms with Crippen molar-refractivity contribution in [1.29, 1.82) is 0 Å². The molecule has 31 heavy (non-hydrogen) atoms. The number of benzene rings is 1. The zero-order valence-electron chi connectivity index (χ0n) is 19.3. The molecule has 1 N–H and O–H groups in total. The van der Waals surface area contributed by atoms with Crippen LogP contribution < -0.4 is 15.6 Å². The molecular formula is C24H32N2O5. The van der Waals surface area contributed by atoms with E-state index < -0.39 is 17.6 Å². The van der Waals surface area contributed by atoms with Crippen LogP contribution in [0, 0.1) is 0 Å². The summed E-state index contributed by atoms with van der Waals surface area (Å²) in [5, 5.41) is 2.78. The maximum Gasteiger partial charge on any atom is 0.338 e. The van der Waals surface area contributed by atoms with Crippen molar-refractivity contribution in [3.63, 3.8) is 0 Å². The largest absolute Gasteiger partial charge is 0.489 e. The summed E-state index contributed by atoms with van der Waals surface area (Å²) in [5.74, 6) is -0.190. The molecule has 0 saturated carbocycles. The van der Waals surface area contributed by atoms with Crippen molar-refractivity contribution < 1.29 is 19.1 Å². The van der Waals surface area contributed by atoms with Crippen LogP contribution in [-0.4, -0.2) is 28.1 Å². The van der Waals surface area contributed by atoms with E-state index in [-0.39, 0.29) is 17.6 Å². The highest BCUT2D eigenvalue weighted by atomic mass is 16.6. The summed E-state index contributed by atoms with van der Waals surface area (Å²) in [6.45, 7) is 12.8. The number of hydrogen-bond acceptors (Lipinski definition) is 5. The van der Waals surface area contributed by atoms with E-state index in [1.807, 2.05) is 20.8 Å². The van der Waals surface area contributed by atoms with Crippen LogP contribution in [0.2, 0.25) is 0 Å². The number of anilines is 1. The molecule has 0 saturated heterocycles. The third-order valence-electron chi connectivity index (χ3n) is 4.45. The predicted molar refractivity (Wildman–Crippen MR) is 121 cm³/mol. The second kappa shape index (κ2) is 9.81. The van der Waals surface area contributed by atoms with Gasteiger partial charge in [-0.2, -0.15) is 0 Å². The molecule has 0 aliphatic rings. The zero-order valence-corrected chi connectivity index (χ0v) is 19.3. The fourth-order valence-electron chi connectivity index (χ4n) is 2.91. The van der Waals surface area contributed by atoms with Crippen molar-refractivity contribution in [3.05, 3.63) is 58.0 Å². The number of amides is 1. The van der Waals surface area contributed by atoms with E-state index in [2.05, 4.69) is 5.32 Å². The lowest BCUT2D eigenvalue weighted by molar-refractivity contribution is -0.118. The SMILES string of the molecule is CCc1cc(=O)n(C(C)C(=O)Nc2ccc(C(=O)OC(C)(C)C)cc2)cc1OC(C)C. The Kier molecular flexibility index (Phi) is 7.65. The standard InChI is InChI=1S/C24H32N2O5/c1-8-17-13-21(27)26(14-20(17)30-15(2)3)16(4)22(28)25-19-11-9-18(10-12-19)23(29)31-24(5,6)7/h9-16H,8H2,1-7H3,(H,25,28). The summed E-state index contributed by atoms with van der Waals surface area (Å²) in [7, 11) is 0. The van der Waals surface area contributed by atoms with Crippen molar-refractivity contribution in [3.8, 4) is 5.75 Å². The predicted octanol–water partition coefficient (Wildman–Crippen LogP) is 4.35. The molecule has 7 heteroatoms. The second-order valence-electron chi connectivity index (χ2n) is 8.67. The smallest absolute Gasteiger partial charge is 0.338 e. The number of hydrogen-bond donors (Lipinski definition) is 1. The minimum Gasteiger partial charge on any atom is -0.489 e. The van der Waals surface area contributed by atoms with E-state index in [0.717, 1.165) is 5.56 Å². The topological polar surface area (TPSA) is 86.6 Å². The van der Waals surface area contributed by atoms with E-state index in [1.165, 1.54) is 10.6 Å². The Morgan fingerprint density at radius 3 is 2.23 bits per heavy atom. The van der Waals surface area contributed by atoms with Gasteiger partial charge in [0.25, 0.3) is 5.56 Å². The average molecular weight is 429 g/mol. The maximum absolute atomic E-state index is 12.8. The third-order valence-corrected chi connectivity index (χ3v) is 4.45. The fraction of sp³-hybridized carbons (Fsp3) is 0.458. The van der Waals surface area contributed by atoms with E-state index in [9.17, 15) is 14.4 Å². The number of aryl methyl sites for hydroxylation is 1. The van der Waals surface area contributed by atoms with Gasteiger partial charge in [-0.3, -0.25) is 14.2 Å². The van der Waals surface area contributed by atoms with E-state index in [0.29, 0.717) is 23.4 Å². The van der Waals surface area contributed by atoms with Gasteiger partial charge in [0.2, 0.25) is 5.91 Å². The van der Waals surface area contributed by atoms with Crippen LogP contribution in [0.15, 0.2) is 41.3 Å². The number of carbonyl (C=O) groups is 2. The lowest BCUT2D eigenvalue weighted by Crippen LogP contribution is -2.31. The van der Waals surface area contributed by atoms with Crippen LogP contribution in [0.1, 0.15) is 70.4 Å². The molecule has 168 valence electrons. The molecule has 0 bridgehead atoms. The third kappa shape index (κ3) is 6.70. The molecule has 0 aliphatic carbocycles. The quantitative estimate of drug-likeness (QED) is 0.663. The van der Waals surface area contributed by atoms with Crippen LogP contribution in [0.5, 0.6) is 5.75 Å². The summed E-state index contributed by atoms with van der Waals surface area (Å²) in [6, 6.07) is 7.19. The minimum absolute atomic E-state index is 0.0520. The molecule has 0 radical (unpaired) electrons. The van der Waals surface area contributed by atoms with Gasteiger partial charge in [-0.25, -0.2) is 4.79 Å². The van der Waals surface area contributed by atoms with Gasteiger partial charge in [0.1, 0.15) is 17.4 Å². The number of nitrogens with zero attached hydrogens (tertiary/aromatic N) is 1. The van der Waals surface area contributed by atoms with E-state index in [1.54, 1.807) is 58.2 Å². The molecule has 0 fully saturated rings. The number of rotatable bonds is 7. The summed E-state index contributed by atoms with van der Waals surface area (Å²) >= 11 is 0. The molecule has 0 spiro atoms. The molecule has 1 aromatic heterocycles. The van der Waals surface area contributed by atoms with Gasteiger partial charge >= 0.3 is 5.97 Å². The summed E-state index contributed by atoms with van der Waals surface area (Å²) in [6.07, 6.45) is 2.20. The number of aromatic nitrogens is 1. The Labute approximate surface area is 183 Å². The molecule has 1 unspecified atom stereocenters. The number of nitrogens with one attached hydrogen (secondary N) is 1. The first-order valence-corrected chi connectivity index (χ1v) is 10.5. The van der Waals surface area contributed by atoms with Gasteiger partial charge in [0, 0.05) is 17.3 Å². The van der Waals surface area contributed by atoms with Crippen LogP contribution in [-0.2, 0) is 16.0 Å². The number of pyridine rings is 1. The van der Waals surface area contributed by atoms with E-state index in [4.69, 9.17) is 9.47 Å². The van der Waals surface area contributed by atoms with Crippen molar-refractivity contribution in [2.75, 3.05) is 5.32 Å². The summed E-state index contributed by atoms with van der Waals surface area (Å²) in [5.41, 5.74) is 0.859. The maximum atomic E-state index is 12.8. The molecule has 2 aromatic rings.